The number of aliphatic hydroxyl groups excluding tert-OH is 1. The molecule has 10 heteroatoms. The molecule has 1 N–H and O–H groups in total. The number of carbonyl (C=O) groups excluding carboxylic acids is 2. The second-order valence-electron chi connectivity index (χ2n) is 8.63. The molecule has 2 aromatic carbocycles. The van der Waals surface area contributed by atoms with Crippen LogP contribution in [0.25, 0.3) is 5.76 Å². The fourth-order valence-corrected chi connectivity index (χ4v) is 4.69. The number of benzene rings is 2. The SMILES string of the molecule is COc1ccc(C(O)=C2C(=O)C(=O)N(CCN3CCOCC3)[C@H]2c2ccc(OC)c(OC)c2)cc1OC. The Labute approximate surface area is 215 Å². The summed E-state index contributed by atoms with van der Waals surface area (Å²) in [5.41, 5.74) is 0.932. The first-order valence-corrected chi connectivity index (χ1v) is 12.0. The number of ether oxygens (including phenoxy) is 5. The molecule has 0 saturated carbocycles. The molecule has 0 bridgehead atoms. The number of methoxy groups -OCH3 is 4. The van der Waals surface area contributed by atoms with Gasteiger partial charge >= 0.3 is 0 Å². The summed E-state index contributed by atoms with van der Waals surface area (Å²) >= 11 is 0. The number of Topliss-reactive ketones (excluding diaryl/α,β-unsaturated/α-hetero) is 1. The number of carbonyl (C=O) groups is 2. The van der Waals surface area contributed by atoms with Gasteiger partial charge in [0, 0.05) is 31.7 Å². The third-order valence-electron chi connectivity index (χ3n) is 6.68. The molecule has 2 heterocycles. The molecule has 2 saturated heterocycles. The van der Waals surface area contributed by atoms with Crippen molar-refractivity contribution in [2.75, 3.05) is 67.8 Å². The van der Waals surface area contributed by atoms with Gasteiger partial charge in [0.1, 0.15) is 5.76 Å². The standard InChI is InChI=1S/C27H32N2O8/c1-33-19-7-5-17(15-21(19)35-3)24-23(25(30)18-6-8-20(34-2)22(16-18)36-4)26(31)27(32)29(24)10-9-28-11-13-37-14-12-28/h5-8,15-16,24,30H,9-14H2,1-4H3/t24-/m0/s1. The number of aliphatic hydroxyl groups is 1. The summed E-state index contributed by atoms with van der Waals surface area (Å²) in [6.07, 6.45) is 0. The van der Waals surface area contributed by atoms with E-state index in [4.69, 9.17) is 23.7 Å². The van der Waals surface area contributed by atoms with E-state index in [2.05, 4.69) is 4.90 Å². The van der Waals surface area contributed by atoms with Crippen molar-refractivity contribution in [1.82, 2.24) is 9.80 Å². The van der Waals surface area contributed by atoms with E-state index in [1.807, 2.05) is 0 Å². The van der Waals surface area contributed by atoms with E-state index in [0.29, 0.717) is 60.4 Å². The number of nitrogens with zero attached hydrogens (tertiary/aromatic N) is 2. The largest absolute Gasteiger partial charge is 0.507 e. The summed E-state index contributed by atoms with van der Waals surface area (Å²) in [6.45, 7) is 3.60. The van der Waals surface area contributed by atoms with Crippen molar-refractivity contribution in [1.29, 1.82) is 0 Å². The van der Waals surface area contributed by atoms with Crippen LogP contribution in [0.15, 0.2) is 42.0 Å². The Morgan fingerprint density at radius 3 is 2.08 bits per heavy atom. The van der Waals surface area contributed by atoms with Crippen LogP contribution >= 0.6 is 0 Å². The van der Waals surface area contributed by atoms with Gasteiger partial charge in [-0.3, -0.25) is 14.5 Å². The topological polar surface area (TPSA) is 107 Å². The monoisotopic (exact) mass is 512 g/mol. The zero-order chi connectivity index (χ0) is 26.5. The van der Waals surface area contributed by atoms with Gasteiger partial charge in [-0.2, -0.15) is 0 Å². The normalized spacial score (nSPS) is 19.7. The molecule has 0 unspecified atom stereocenters. The maximum atomic E-state index is 13.4. The average molecular weight is 513 g/mol. The van der Waals surface area contributed by atoms with Gasteiger partial charge in [0.05, 0.1) is 53.3 Å². The van der Waals surface area contributed by atoms with E-state index in [9.17, 15) is 14.7 Å². The average Bonchev–Trinajstić information content (AvgIpc) is 3.20. The van der Waals surface area contributed by atoms with Gasteiger partial charge in [-0.05, 0) is 35.9 Å². The van der Waals surface area contributed by atoms with Gasteiger partial charge in [0.2, 0.25) is 0 Å². The Kier molecular flexibility index (Phi) is 8.20. The van der Waals surface area contributed by atoms with E-state index >= 15 is 0 Å². The second-order valence-corrected chi connectivity index (χ2v) is 8.63. The van der Waals surface area contributed by atoms with Crippen molar-refractivity contribution >= 4 is 17.4 Å². The molecule has 10 nitrogen and oxygen atoms in total. The molecule has 0 aromatic heterocycles. The quantitative estimate of drug-likeness (QED) is 0.308. The van der Waals surface area contributed by atoms with Crippen LogP contribution in [0.1, 0.15) is 17.2 Å². The first-order valence-electron chi connectivity index (χ1n) is 12.0. The molecule has 0 aliphatic carbocycles. The Bertz CT molecular complexity index is 1190. The van der Waals surface area contributed by atoms with Crippen molar-refractivity contribution in [3.05, 3.63) is 53.1 Å². The summed E-state index contributed by atoms with van der Waals surface area (Å²) < 4.78 is 26.9. The summed E-state index contributed by atoms with van der Waals surface area (Å²) in [6, 6.07) is 9.19. The van der Waals surface area contributed by atoms with Crippen LogP contribution in [0.4, 0.5) is 0 Å². The van der Waals surface area contributed by atoms with E-state index < -0.39 is 17.7 Å². The molecule has 2 aromatic rings. The number of hydrogen-bond acceptors (Lipinski definition) is 9. The number of morpholine rings is 1. The summed E-state index contributed by atoms with van der Waals surface area (Å²) in [7, 11) is 6.04. The van der Waals surface area contributed by atoms with Gasteiger partial charge in [-0.1, -0.05) is 6.07 Å². The van der Waals surface area contributed by atoms with E-state index in [1.165, 1.54) is 33.3 Å². The fraction of sp³-hybridized carbons (Fsp3) is 0.407. The summed E-state index contributed by atoms with van der Waals surface area (Å²) in [4.78, 5) is 30.4. The molecule has 4 rings (SSSR count). The first-order chi connectivity index (χ1) is 17.9. The van der Waals surface area contributed by atoms with E-state index in [1.54, 1.807) is 36.4 Å². The number of rotatable bonds is 9. The number of ketones is 1. The van der Waals surface area contributed by atoms with Gasteiger partial charge < -0.3 is 33.7 Å². The number of amides is 1. The van der Waals surface area contributed by atoms with Crippen molar-refractivity contribution < 1.29 is 38.4 Å². The fourth-order valence-electron chi connectivity index (χ4n) is 4.69. The van der Waals surface area contributed by atoms with Crippen LogP contribution < -0.4 is 18.9 Å². The minimum Gasteiger partial charge on any atom is -0.507 e. The lowest BCUT2D eigenvalue weighted by Gasteiger charge is -2.31. The summed E-state index contributed by atoms with van der Waals surface area (Å²) in [5.74, 6) is 0.0931. The van der Waals surface area contributed by atoms with Crippen LogP contribution in [0.3, 0.4) is 0 Å². The summed E-state index contributed by atoms with van der Waals surface area (Å²) in [5, 5.41) is 11.4. The minimum absolute atomic E-state index is 0.00795. The van der Waals surface area contributed by atoms with Crippen molar-refractivity contribution in [3.8, 4) is 23.0 Å². The van der Waals surface area contributed by atoms with Gasteiger partial charge in [-0.15, -0.1) is 0 Å². The maximum absolute atomic E-state index is 13.4. The highest BCUT2D eigenvalue weighted by Gasteiger charge is 2.46. The molecule has 0 spiro atoms. The highest BCUT2D eigenvalue weighted by atomic mass is 16.5. The van der Waals surface area contributed by atoms with Gasteiger partial charge in [-0.25, -0.2) is 0 Å². The highest BCUT2D eigenvalue weighted by Crippen LogP contribution is 2.42. The molecular weight excluding hydrogens is 480 g/mol. The first kappa shape index (κ1) is 26.3. The van der Waals surface area contributed by atoms with Crippen molar-refractivity contribution in [2.45, 2.75) is 6.04 Å². The van der Waals surface area contributed by atoms with Gasteiger partial charge in [0.25, 0.3) is 11.7 Å². The Balaban J connectivity index is 1.80. The molecule has 1 atom stereocenters. The molecular formula is C27H32N2O8. The van der Waals surface area contributed by atoms with Crippen LogP contribution in [0.5, 0.6) is 23.0 Å². The zero-order valence-electron chi connectivity index (χ0n) is 21.5. The molecule has 2 aliphatic rings. The third-order valence-corrected chi connectivity index (χ3v) is 6.68. The lowest BCUT2D eigenvalue weighted by atomic mass is 9.94. The van der Waals surface area contributed by atoms with Crippen LogP contribution in [-0.4, -0.2) is 94.4 Å². The van der Waals surface area contributed by atoms with E-state index in [-0.39, 0.29) is 11.3 Å². The molecule has 2 aliphatic heterocycles. The highest BCUT2D eigenvalue weighted by molar-refractivity contribution is 6.46. The molecule has 2 fully saturated rings. The van der Waals surface area contributed by atoms with Crippen LogP contribution in [0, 0.1) is 0 Å². The second kappa shape index (κ2) is 11.5. The van der Waals surface area contributed by atoms with Crippen LogP contribution in [0.2, 0.25) is 0 Å². The van der Waals surface area contributed by atoms with Crippen molar-refractivity contribution in [2.24, 2.45) is 0 Å². The predicted octanol–water partition coefficient (Wildman–Crippen LogP) is 2.47. The molecule has 198 valence electrons. The maximum Gasteiger partial charge on any atom is 0.295 e. The van der Waals surface area contributed by atoms with Crippen molar-refractivity contribution in [3.63, 3.8) is 0 Å². The molecule has 1 amide bonds. The van der Waals surface area contributed by atoms with Gasteiger partial charge in [0.15, 0.2) is 23.0 Å². The zero-order valence-corrected chi connectivity index (χ0v) is 21.5. The number of likely N-dealkylation sites (tertiary alicyclic amines) is 1. The lowest BCUT2D eigenvalue weighted by Crippen LogP contribution is -2.42. The Morgan fingerprint density at radius 2 is 1.46 bits per heavy atom. The van der Waals surface area contributed by atoms with E-state index in [0.717, 1.165) is 13.1 Å². The number of hydrogen-bond donors (Lipinski definition) is 1. The minimum atomic E-state index is -0.825. The van der Waals surface area contributed by atoms with Crippen LogP contribution in [-0.2, 0) is 14.3 Å². The predicted molar refractivity (Wildman–Crippen MR) is 135 cm³/mol. The Morgan fingerprint density at radius 1 is 0.865 bits per heavy atom. The molecule has 37 heavy (non-hydrogen) atoms. The lowest BCUT2D eigenvalue weighted by molar-refractivity contribution is -0.140. The third kappa shape index (κ3) is 5.21. The smallest absolute Gasteiger partial charge is 0.295 e. The molecule has 0 radical (unpaired) electrons. The Hall–Kier alpha value is -3.76.